The van der Waals surface area contributed by atoms with Crippen molar-refractivity contribution in [2.45, 2.75) is 25.9 Å². The van der Waals surface area contributed by atoms with Gasteiger partial charge in [-0.25, -0.2) is 0 Å². The molecule has 3 nitrogen and oxygen atoms in total. The van der Waals surface area contributed by atoms with Crippen molar-refractivity contribution in [3.05, 3.63) is 21.9 Å². The number of hydrogen-bond donors (Lipinski definition) is 1. The highest BCUT2D eigenvalue weighted by Gasteiger charge is 2.16. The van der Waals surface area contributed by atoms with Gasteiger partial charge in [-0.2, -0.15) is 0 Å². The molecule has 4 heteroatoms. The third-order valence-electron chi connectivity index (χ3n) is 2.47. The third kappa shape index (κ3) is 2.79. The number of rotatable bonds is 3. The second-order valence-corrected chi connectivity index (χ2v) is 4.74. The van der Waals surface area contributed by atoms with Crippen LogP contribution in [0.1, 0.15) is 28.1 Å². The maximum atomic E-state index is 11.7. The minimum atomic E-state index is 0.0172. The smallest absolute Gasteiger partial charge is 0.261 e. The van der Waals surface area contributed by atoms with Gasteiger partial charge in [-0.15, -0.1) is 11.3 Å². The molecule has 1 saturated heterocycles. The van der Waals surface area contributed by atoms with Crippen LogP contribution in [0.5, 0.6) is 0 Å². The highest BCUT2D eigenvalue weighted by Crippen LogP contribution is 2.14. The van der Waals surface area contributed by atoms with E-state index in [2.05, 4.69) is 5.32 Å². The molecule has 1 amide bonds. The predicted molar refractivity (Wildman–Crippen MR) is 60.4 cm³/mol. The molecular weight excluding hydrogens is 210 g/mol. The van der Waals surface area contributed by atoms with Gasteiger partial charge < -0.3 is 10.1 Å². The minimum absolute atomic E-state index is 0.0172. The van der Waals surface area contributed by atoms with E-state index >= 15 is 0 Å². The quantitative estimate of drug-likeness (QED) is 0.854. The second kappa shape index (κ2) is 4.77. The molecular formula is C11H15NO2S. The maximum Gasteiger partial charge on any atom is 0.261 e. The van der Waals surface area contributed by atoms with Crippen molar-refractivity contribution in [1.82, 2.24) is 5.32 Å². The van der Waals surface area contributed by atoms with E-state index in [0.717, 1.165) is 29.9 Å². The summed E-state index contributed by atoms with van der Waals surface area (Å²) in [6.45, 7) is 3.46. The summed E-state index contributed by atoms with van der Waals surface area (Å²) in [5, 5.41) is 4.89. The molecule has 1 N–H and O–H groups in total. The zero-order valence-corrected chi connectivity index (χ0v) is 9.60. The van der Waals surface area contributed by atoms with E-state index in [0.29, 0.717) is 6.54 Å². The summed E-state index contributed by atoms with van der Waals surface area (Å²) in [7, 11) is 0. The largest absolute Gasteiger partial charge is 0.376 e. The van der Waals surface area contributed by atoms with Gasteiger partial charge in [0, 0.05) is 13.2 Å². The lowest BCUT2D eigenvalue weighted by Crippen LogP contribution is -2.31. The lowest BCUT2D eigenvalue weighted by Gasteiger charge is -2.09. The van der Waals surface area contributed by atoms with E-state index in [4.69, 9.17) is 4.74 Å². The number of thiophene rings is 1. The van der Waals surface area contributed by atoms with Crippen molar-refractivity contribution < 1.29 is 9.53 Å². The molecule has 2 rings (SSSR count). The van der Waals surface area contributed by atoms with Gasteiger partial charge in [0.05, 0.1) is 11.0 Å². The normalized spacial score (nSPS) is 20.5. The van der Waals surface area contributed by atoms with Gasteiger partial charge in [-0.3, -0.25) is 4.79 Å². The highest BCUT2D eigenvalue weighted by atomic mass is 32.1. The van der Waals surface area contributed by atoms with Crippen molar-refractivity contribution in [2.75, 3.05) is 13.2 Å². The maximum absolute atomic E-state index is 11.7. The highest BCUT2D eigenvalue weighted by molar-refractivity contribution is 7.12. The molecule has 1 aliphatic rings. The van der Waals surface area contributed by atoms with Crippen LogP contribution in [0.2, 0.25) is 0 Å². The van der Waals surface area contributed by atoms with Crippen LogP contribution >= 0.6 is 11.3 Å². The van der Waals surface area contributed by atoms with Gasteiger partial charge in [-0.05, 0) is 36.8 Å². The van der Waals surface area contributed by atoms with Gasteiger partial charge in [0.1, 0.15) is 0 Å². The molecule has 1 unspecified atom stereocenters. The lowest BCUT2D eigenvalue weighted by molar-refractivity contribution is 0.0861. The molecule has 1 aliphatic heterocycles. The van der Waals surface area contributed by atoms with Gasteiger partial charge >= 0.3 is 0 Å². The Balaban J connectivity index is 1.81. The van der Waals surface area contributed by atoms with Gasteiger partial charge in [0.15, 0.2) is 0 Å². The SMILES string of the molecule is Cc1csc(C(=O)NCC2CCCO2)c1. The fourth-order valence-corrected chi connectivity index (χ4v) is 2.46. The summed E-state index contributed by atoms with van der Waals surface area (Å²) in [5.74, 6) is 0.0172. The number of amides is 1. The molecule has 2 heterocycles. The summed E-state index contributed by atoms with van der Waals surface area (Å²) in [5.41, 5.74) is 1.14. The van der Waals surface area contributed by atoms with Crippen LogP contribution in [0.15, 0.2) is 11.4 Å². The number of aryl methyl sites for hydroxylation is 1. The molecule has 0 spiro atoms. The monoisotopic (exact) mass is 225 g/mol. The summed E-state index contributed by atoms with van der Waals surface area (Å²) >= 11 is 1.49. The van der Waals surface area contributed by atoms with Crippen LogP contribution < -0.4 is 5.32 Å². The van der Waals surface area contributed by atoms with Gasteiger partial charge in [0.2, 0.25) is 0 Å². The Morgan fingerprint density at radius 2 is 2.60 bits per heavy atom. The topological polar surface area (TPSA) is 38.3 Å². The third-order valence-corrected chi connectivity index (χ3v) is 3.52. The molecule has 15 heavy (non-hydrogen) atoms. The van der Waals surface area contributed by atoms with E-state index in [1.54, 1.807) is 0 Å². The molecule has 82 valence electrons. The first-order valence-electron chi connectivity index (χ1n) is 5.20. The van der Waals surface area contributed by atoms with E-state index in [9.17, 15) is 4.79 Å². The van der Waals surface area contributed by atoms with Crippen molar-refractivity contribution in [3.63, 3.8) is 0 Å². The number of carbonyl (C=O) groups excluding carboxylic acids is 1. The fraction of sp³-hybridized carbons (Fsp3) is 0.545. The van der Waals surface area contributed by atoms with Crippen molar-refractivity contribution in [2.24, 2.45) is 0 Å². The molecule has 0 aliphatic carbocycles. The molecule has 0 aromatic carbocycles. The summed E-state index contributed by atoms with van der Waals surface area (Å²) < 4.78 is 5.43. The molecule has 0 bridgehead atoms. The van der Waals surface area contributed by atoms with Crippen molar-refractivity contribution >= 4 is 17.2 Å². The summed E-state index contributed by atoms with van der Waals surface area (Å²) in [6, 6.07) is 1.91. The van der Waals surface area contributed by atoms with Crippen molar-refractivity contribution in [3.8, 4) is 0 Å². The molecule has 1 fully saturated rings. The number of hydrogen-bond acceptors (Lipinski definition) is 3. The van der Waals surface area contributed by atoms with Crippen LogP contribution in [0.3, 0.4) is 0 Å². The molecule has 0 radical (unpaired) electrons. The number of carbonyl (C=O) groups is 1. The van der Waals surface area contributed by atoms with E-state index < -0.39 is 0 Å². The van der Waals surface area contributed by atoms with E-state index in [1.807, 2.05) is 18.4 Å². The molecule has 1 aromatic rings. The Morgan fingerprint density at radius 3 is 3.20 bits per heavy atom. The molecule has 1 atom stereocenters. The zero-order valence-electron chi connectivity index (χ0n) is 8.79. The summed E-state index contributed by atoms with van der Waals surface area (Å²) in [6.07, 6.45) is 2.39. The summed E-state index contributed by atoms with van der Waals surface area (Å²) in [4.78, 5) is 12.4. The van der Waals surface area contributed by atoms with Crippen LogP contribution in [0.4, 0.5) is 0 Å². The average molecular weight is 225 g/mol. The Hall–Kier alpha value is -0.870. The van der Waals surface area contributed by atoms with Crippen LogP contribution in [0.25, 0.3) is 0 Å². The fourth-order valence-electron chi connectivity index (χ4n) is 1.65. The first-order valence-corrected chi connectivity index (χ1v) is 6.08. The Morgan fingerprint density at radius 1 is 1.73 bits per heavy atom. The van der Waals surface area contributed by atoms with E-state index in [-0.39, 0.29) is 12.0 Å². The van der Waals surface area contributed by atoms with E-state index in [1.165, 1.54) is 11.3 Å². The first-order chi connectivity index (χ1) is 7.25. The molecule has 1 aromatic heterocycles. The Labute approximate surface area is 93.4 Å². The van der Waals surface area contributed by atoms with Crippen LogP contribution in [0, 0.1) is 6.92 Å². The lowest BCUT2D eigenvalue weighted by atomic mass is 10.2. The number of ether oxygens (including phenoxy) is 1. The van der Waals surface area contributed by atoms with Gasteiger partial charge in [-0.1, -0.05) is 0 Å². The minimum Gasteiger partial charge on any atom is -0.376 e. The van der Waals surface area contributed by atoms with Crippen molar-refractivity contribution in [1.29, 1.82) is 0 Å². The zero-order chi connectivity index (χ0) is 10.7. The average Bonchev–Trinajstić information content (AvgIpc) is 2.84. The van der Waals surface area contributed by atoms with Gasteiger partial charge in [0.25, 0.3) is 5.91 Å². The second-order valence-electron chi connectivity index (χ2n) is 3.83. The Bertz CT molecular complexity index is 342. The molecule has 0 saturated carbocycles. The number of nitrogens with one attached hydrogen (secondary N) is 1. The van der Waals surface area contributed by atoms with Crippen LogP contribution in [-0.2, 0) is 4.74 Å². The Kier molecular flexibility index (Phi) is 3.38. The standard InChI is InChI=1S/C11H15NO2S/c1-8-5-10(15-7-8)11(13)12-6-9-3-2-4-14-9/h5,7,9H,2-4,6H2,1H3,(H,12,13). The first kappa shape index (κ1) is 10.6. The predicted octanol–water partition coefficient (Wildman–Crippen LogP) is 1.97. The van der Waals surface area contributed by atoms with Crippen LogP contribution in [-0.4, -0.2) is 25.2 Å².